The second-order valence-electron chi connectivity index (χ2n) is 6.63. The van der Waals surface area contributed by atoms with E-state index in [2.05, 4.69) is 4.72 Å². The van der Waals surface area contributed by atoms with E-state index in [1.165, 1.54) is 19.3 Å². The van der Waals surface area contributed by atoms with Crippen LogP contribution in [0.4, 0.5) is 0 Å². The van der Waals surface area contributed by atoms with E-state index in [9.17, 15) is 8.42 Å². The molecule has 2 aliphatic carbocycles. The van der Waals surface area contributed by atoms with Gasteiger partial charge < -0.3 is 0 Å². The van der Waals surface area contributed by atoms with E-state index < -0.39 is 10.0 Å². The lowest BCUT2D eigenvalue weighted by Gasteiger charge is -2.24. The van der Waals surface area contributed by atoms with Gasteiger partial charge in [0.05, 0.1) is 4.90 Å². The number of hydrogen-bond donors (Lipinski definition) is 1. The second-order valence-corrected chi connectivity index (χ2v) is 8.28. The van der Waals surface area contributed by atoms with Gasteiger partial charge in [0.25, 0.3) is 0 Å². The van der Waals surface area contributed by atoms with Crippen LogP contribution in [0.2, 0.25) is 0 Å². The molecule has 1 aromatic carbocycles. The van der Waals surface area contributed by atoms with Crippen molar-refractivity contribution in [3.05, 3.63) is 28.8 Å². The molecule has 0 unspecified atom stereocenters. The lowest BCUT2D eigenvalue weighted by atomic mass is 9.96. The monoisotopic (exact) mass is 293 g/mol. The molecule has 1 N–H and O–H groups in total. The van der Waals surface area contributed by atoms with E-state index >= 15 is 0 Å². The Bertz CT molecular complexity index is 613. The van der Waals surface area contributed by atoms with Crippen molar-refractivity contribution >= 4 is 10.0 Å². The Balaban J connectivity index is 1.89. The summed E-state index contributed by atoms with van der Waals surface area (Å²) in [5.74, 6) is 1.30. The number of benzene rings is 1. The summed E-state index contributed by atoms with van der Waals surface area (Å²) in [4.78, 5) is 0.478. The van der Waals surface area contributed by atoms with Crippen LogP contribution in [0.25, 0.3) is 0 Å². The zero-order valence-electron chi connectivity index (χ0n) is 12.4. The molecule has 3 nitrogen and oxygen atoms in total. The Kier molecular flexibility index (Phi) is 3.41. The molecule has 0 saturated heterocycles. The SMILES string of the molecule is Cc1cc(C)c(S(=O)(=O)N[C@@H]2C[C@H]3CC[C@@H]2C3)c(C)c1. The Morgan fingerprint density at radius 3 is 2.20 bits per heavy atom. The smallest absolute Gasteiger partial charge is 0.208 e. The fourth-order valence-corrected chi connectivity index (χ4v) is 6.01. The van der Waals surface area contributed by atoms with Gasteiger partial charge in [0.2, 0.25) is 10.0 Å². The van der Waals surface area contributed by atoms with Crippen LogP contribution in [-0.4, -0.2) is 14.5 Å². The van der Waals surface area contributed by atoms with Gasteiger partial charge in [-0.3, -0.25) is 0 Å². The number of fused-ring (bicyclic) bond motifs is 2. The minimum absolute atomic E-state index is 0.152. The summed E-state index contributed by atoms with van der Waals surface area (Å²) >= 11 is 0. The van der Waals surface area contributed by atoms with E-state index in [0.29, 0.717) is 10.8 Å². The molecule has 2 bridgehead atoms. The van der Waals surface area contributed by atoms with Crippen molar-refractivity contribution in [2.24, 2.45) is 11.8 Å². The summed E-state index contributed by atoms with van der Waals surface area (Å²) in [7, 11) is -3.39. The first-order valence-electron chi connectivity index (χ1n) is 7.47. The van der Waals surface area contributed by atoms with E-state index in [-0.39, 0.29) is 6.04 Å². The van der Waals surface area contributed by atoms with Crippen molar-refractivity contribution in [2.45, 2.75) is 57.4 Å². The van der Waals surface area contributed by atoms with E-state index in [1.54, 1.807) is 0 Å². The molecule has 2 fully saturated rings. The Labute approximate surface area is 121 Å². The first kappa shape index (κ1) is 14.1. The highest BCUT2D eigenvalue weighted by Crippen LogP contribution is 2.45. The maximum atomic E-state index is 12.7. The average Bonchev–Trinajstić information content (AvgIpc) is 2.87. The summed E-state index contributed by atoms with van der Waals surface area (Å²) in [6.07, 6.45) is 4.70. The summed E-state index contributed by atoms with van der Waals surface area (Å²) in [5, 5.41) is 0. The van der Waals surface area contributed by atoms with Gasteiger partial charge in [0, 0.05) is 6.04 Å². The fourth-order valence-electron chi connectivity index (χ4n) is 4.24. The number of nitrogens with one attached hydrogen (secondary N) is 1. The Morgan fingerprint density at radius 2 is 1.70 bits per heavy atom. The molecule has 3 atom stereocenters. The molecular weight excluding hydrogens is 270 g/mol. The van der Waals surface area contributed by atoms with Crippen LogP contribution in [0.1, 0.15) is 42.4 Å². The van der Waals surface area contributed by atoms with Gasteiger partial charge in [-0.1, -0.05) is 24.1 Å². The Hall–Kier alpha value is -0.870. The summed E-state index contributed by atoms with van der Waals surface area (Å²) in [6, 6.07) is 4.05. The molecule has 0 aromatic heterocycles. The van der Waals surface area contributed by atoms with Gasteiger partial charge >= 0.3 is 0 Å². The van der Waals surface area contributed by atoms with Gasteiger partial charge in [-0.15, -0.1) is 0 Å². The van der Waals surface area contributed by atoms with Crippen molar-refractivity contribution in [1.82, 2.24) is 4.72 Å². The van der Waals surface area contributed by atoms with Crippen LogP contribution in [0.3, 0.4) is 0 Å². The highest BCUT2D eigenvalue weighted by Gasteiger charge is 2.41. The van der Waals surface area contributed by atoms with E-state index in [1.807, 2.05) is 32.9 Å². The molecule has 20 heavy (non-hydrogen) atoms. The molecule has 3 rings (SSSR count). The lowest BCUT2D eigenvalue weighted by molar-refractivity contribution is 0.390. The second kappa shape index (κ2) is 4.85. The molecule has 110 valence electrons. The molecular formula is C16H23NO2S. The topological polar surface area (TPSA) is 46.2 Å². The predicted octanol–water partition coefficient (Wildman–Crippen LogP) is 3.08. The first-order chi connectivity index (χ1) is 9.37. The van der Waals surface area contributed by atoms with Crippen LogP contribution < -0.4 is 4.72 Å². The van der Waals surface area contributed by atoms with Crippen molar-refractivity contribution in [3.8, 4) is 0 Å². The Morgan fingerprint density at radius 1 is 1.05 bits per heavy atom. The van der Waals surface area contributed by atoms with Crippen LogP contribution in [0, 0.1) is 32.6 Å². The van der Waals surface area contributed by atoms with Crippen molar-refractivity contribution in [2.75, 3.05) is 0 Å². The molecule has 0 aliphatic heterocycles. The quantitative estimate of drug-likeness (QED) is 0.931. The molecule has 0 amide bonds. The summed E-state index contributed by atoms with van der Waals surface area (Å²) < 4.78 is 28.4. The van der Waals surface area contributed by atoms with Crippen LogP contribution in [0.15, 0.2) is 17.0 Å². The molecule has 0 radical (unpaired) electrons. The van der Waals surface area contributed by atoms with Crippen LogP contribution in [0.5, 0.6) is 0 Å². The number of rotatable bonds is 3. The third kappa shape index (κ3) is 2.40. The number of sulfonamides is 1. The van der Waals surface area contributed by atoms with Gasteiger partial charge in [-0.2, -0.15) is 0 Å². The zero-order chi connectivity index (χ0) is 14.5. The van der Waals surface area contributed by atoms with Gasteiger partial charge in [0.1, 0.15) is 0 Å². The maximum Gasteiger partial charge on any atom is 0.241 e. The van der Waals surface area contributed by atoms with Crippen molar-refractivity contribution < 1.29 is 8.42 Å². The molecule has 2 saturated carbocycles. The van der Waals surface area contributed by atoms with E-state index in [0.717, 1.165) is 29.0 Å². The van der Waals surface area contributed by atoms with Gasteiger partial charge in [-0.25, -0.2) is 13.1 Å². The van der Waals surface area contributed by atoms with Crippen LogP contribution in [-0.2, 0) is 10.0 Å². The molecule has 0 spiro atoms. The predicted molar refractivity (Wildman–Crippen MR) is 80.2 cm³/mol. The fraction of sp³-hybridized carbons (Fsp3) is 0.625. The number of hydrogen-bond acceptors (Lipinski definition) is 2. The standard InChI is InChI=1S/C16H23NO2S/c1-10-6-11(2)16(12(3)7-10)20(18,19)17-15-9-13-4-5-14(15)8-13/h6-7,13-15,17H,4-5,8-9H2,1-3H3/t13-,14+,15+/m0/s1. The largest absolute Gasteiger partial charge is 0.241 e. The third-order valence-corrected chi connectivity index (χ3v) is 6.71. The van der Waals surface area contributed by atoms with E-state index in [4.69, 9.17) is 0 Å². The normalized spacial score (nSPS) is 29.1. The highest BCUT2D eigenvalue weighted by molar-refractivity contribution is 7.89. The molecule has 4 heteroatoms. The maximum absolute atomic E-state index is 12.7. The minimum Gasteiger partial charge on any atom is -0.208 e. The zero-order valence-corrected chi connectivity index (χ0v) is 13.3. The third-order valence-electron chi connectivity index (χ3n) is 4.92. The lowest BCUT2D eigenvalue weighted by Crippen LogP contribution is -2.39. The average molecular weight is 293 g/mol. The van der Waals surface area contributed by atoms with Gasteiger partial charge in [-0.05, 0) is 63.0 Å². The van der Waals surface area contributed by atoms with Crippen molar-refractivity contribution in [3.63, 3.8) is 0 Å². The summed E-state index contributed by atoms with van der Waals surface area (Å²) in [5.41, 5.74) is 2.80. The molecule has 2 aliphatic rings. The number of aryl methyl sites for hydroxylation is 3. The highest BCUT2D eigenvalue weighted by atomic mass is 32.2. The summed E-state index contributed by atoms with van der Waals surface area (Å²) in [6.45, 7) is 5.77. The first-order valence-corrected chi connectivity index (χ1v) is 8.95. The molecule has 0 heterocycles. The van der Waals surface area contributed by atoms with Gasteiger partial charge in [0.15, 0.2) is 0 Å². The molecule has 1 aromatic rings. The minimum atomic E-state index is -3.39. The van der Waals surface area contributed by atoms with Crippen LogP contribution >= 0.6 is 0 Å². The van der Waals surface area contributed by atoms with Crippen molar-refractivity contribution in [1.29, 1.82) is 0 Å².